The lowest BCUT2D eigenvalue weighted by molar-refractivity contribution is 0.669. The molecule has 0 saturated carbocycles. The summed E-state index contributed by atoms with van der Waals surface area (Å²) < 4.78 is 6.17. The molecule has 1 heterocycles. The first kappa shape index (κ1) is 31.2. The molecule has 0 radical (unpaired) electrons. The standard InChI is InChI=1S/C55H34O/c1-3-16-41-39(14-1)40-15-2-4-17-42(40)47-23-13-22-38(36-30-28-35(29-31-36)37-32-33-53-48(34-37)46-21-8-12-27-52(46)56-53)54(47)55(49-24-9-5-18-43(41)49)50-25-10-6-19-44(50)45-20-7-11-26-51(45)55/h1-34H. The van der Waals surface area contributed by atoms with Gasteiger partial charge in [0.25, 0.3) is 0 Å². The Morgan fingerprint density at radius 1 is 0.268 bits per heavy atom. The van der Waals surface area contributed by atoms with E-state index in [1.807, 2.05) is 12.1 Å². The topological polar surface area (TPSA) is 13.1 Å². The van der Waals surface area contributed by atoms with Crippen LogP contribution in [0.5, 0.6) is 0 Å². The van der Waals surface area contributed by atoms with Gasteiger partial charge in [-0.2, -0.15) is 0 Å². The van der Waals surface area contributed by atoms with Gasteiger partial charge in [-0.1, -0.05) is 188 Å². The lowest BCUT2D eigenvalue weighted by Crippen LogP contribution is -2.31. The van der Waals surface area contributed by atoms with Gasteiger partial charge in [0, 0.05) is 10.8 Å². The zero-order valence-electron chi connectivity index (χ0n) is 30.5. The summed E-state index contributed by atoms with van der Waals surface area (Å²) in [4.78, 5) is 0. The second kappa shape index (κ2) is 11.9. The number of benzene rings is 9. The van der Waals surface area contributed by atoms with E-state index in [2.05, 4.69) is 194 Å². The molecule has 0 N–H and O–H groups in total. The van der Waals surface area contributed by atoms with Crippen molar-refractivity contribution < 1.29 is 4.42 Å². The Kier molecular flexibility index (Phi) is 6.62. The van der Waals surface area contributed by atoms with E-state index < -0.39 is 5.41 Å². The average molecular weight is 711 g/mol. The van der Waals surface area contributed by atoms with Crippen LogP contribution in [0.4, 0.5) is 0 Å². The Morgan fingerprint density at radius 3 is 1.30 bits per heavy atom. The van der Waals surface area contributed by atoms with Crippen LogP contribution in [-0.2, 0) is 5.41 Å². The van der Waals surface area contributed by atoms with Crippen LogP contribution in [0.3, 0.4) is 0 Å². The SMILES string of the molecule is c1ccc2c(c1)-c1ccccc1-c1cccc(-c3ccc(-c4ccc5oc6ccccc6c5c4)cc3)c1C1(c3ccccc3-2)c2ccccc2-c2ccccc21. The minimum Gasteiger partial charge on any atom is -0.456 e. The molecule has 0 fully saturated rings. The van der Waals surface area contributed by atoms with E-state index in [9.17, 15) is 0 Å². The van der Waals surface area contributed by atoms with E-state index in [1.165, 1.54) is 89.0 Å². The molecule has 1 heteroatoms. The van der Waals surface area contributed by atoms with Crippen molar-refractivity contribution in [2.45, 2.75) is 5.41 Å². The number of hydrogen-bond acceptors (Lipinski definition) is 1. The average Bonchev–Trinajstić information content (AvgIpc) is 3.80. The zero-order valence-corrected chi connectivity index (χ0v) is 30.5. The molecule has 0 amide bonds. The molecular weight excluding hydrogens is 677 g/mol. The largest absolute Gasteiger partial charge is 0.456 e. The molecule has 0 aliphatic heterocycles. The second-order valence-corrected chi connectivity index (χ2v) is 15.1. The molecule has 2 aliphatic rings. The van der Waals surface area contributed by atoms with Crippen LogP contribution in [-0.4, -0.2) is 0 Å². The van der Waals surface area contributed by atoms with Crippen molar-refractivity contribution in [1.82, 2.24) is 0 Å². The molecule has 0 bridgehead atoms. The Hall–Kier alpha value is -7.22. The predicted molar refractivity (Wildman–Crippen MR) is 232 cm³/mol. The van der Waals surface area contributed by atoms with E-state index in [0.717, 1.165) is 21.9 Å². The fourth-order valence-electron chi connectivity index (χ4n) is 10.0. The Bertz CT molecular complexity index is 3150. The summed E-state index contributed by atoms with van der Waals surface area (Å²) in [5.41, 5.74) is 21.3. The highest BCUT2D eigenvalue weighted by Crippen LogP contribution is 2.62. The fraction of sp³-hybridized carbons (Fsp3) is 0.0182. The minimum absolute atomic E-state index is 0.619. The van der Waals surface area contributed by atoms with Gasteiger partial charge in [0.1, 0.15) is 11.2 Å². The summed E-state index contributed by atoms with van der Waals surface area (Å²) in [6.45, 7) is 0. The first-order valence-electron chi connectivity index (χ1n) is 19.4. The minimum atomic E-state index is -0.619. The quantitative estimate of drug-likeness (QED) is 0.174. The normalized spacial score (nSPS) is 13.1. The second-order valence-electron chi connectivity index (χ2n) is 15.1. The Balaban J connectivity index is 1.18. The van der Waals surface area contributed by atoms with Crippen LogP contribution in [0.2, 0.25) is 0 Å². The molecule has 0 atom stereocenters. The van der Waals surface area contributed by atoms with E-state index in [1.54, 1.807) is 0 Å². The van der Waals surface area contributed by atoms with Crippen molar-refractivity contribution in [2.24, 2.45) is 0 Å². The van der Waals surface area contributed by atoms with Gasteiger partial charge >= 0.3 is 0 Å². The fourth-order valence-corrected chi connectivity index (χ4v) is 10.0. The summed E-state index contributed by atoms with van der Waals surface area (Å²) in [6.07, 6.45) is 0. The first-order valence-corrected chi connectivity index (χ1v) is 19.4. The maximum Gasteiger partial charge on any atom is 0.135 e. The zero-order chi connectivity index (χ0) is 36.8. The maximum atomic E-state index is 6.17. The van der Waals surface area contributed by atoms with Crippen molar-refractivity contribution in [3.8, 4) is 66.8 Å². The Morgan fingerprint density at radius 2 is 0.679 bits per heavy atom. The summed E-state index contributed by atoms with van der Waals surface area (Å²) in [6, 6.07) is 76.4. The summed E-state index contributed by atoms with van der Waals surface area (Å²) in [5.74, 6) is 0. The highest BCUT2D eigenvalue weighted by Gasteiger charge is 2.50. The van der Waals surface area contributed by atoms with Crippen LogP contribution >= 0.6 is 0 Å². The molecule has 1 aromatic heterocycles. The third kappa shape index (κ3) is 4.26. The van der Waals surface area contributed by atoms with Crippen molar-refractivity contribution in [3.05, 3.63) is 229 Å². The molecule has 1 spiro atoms. The molecule has 12 rings (SSSR count). The third-order valence-corrected chi connectivity index (χ3v) is 12.4. The van der Waals surface area contributed by atoms with Gasteiger partial charge in [0.2, 0.25) is 0 Å². The summed E-state index contributed by atoms with van der Waals surface area (Å²) in [7, 11) is 0. The van der Waals surface area contributed by atoms with Crippen molar-refractivity contribution in [2.75, 3.05) is 0 Å². The van der Waals surface area contributed by atoms with E-state index in [0.29, 0.717) is 0 Å². The van der Waals surface area contributed by atoms with Crippen LogP contribution in [0.1, 0.15) is 22.3 Å². The molecule has 10 aromatic rings. The van der Waals surface area contributed by atoms with Crippen molar-refractivity contribution in [3.63, 3.8) is 0 Å². The lowest BCUT2D eigenvalue weighted by atomic mass is 9.62. The highest BCUT2D eigenvalue weighted by molar-refractivity contribution is 6.06. The van der Waals surface area contributed by atoms with E-state index >= 15 is 0 Å². The Labute approximate surface area is 325 Å². The molecule has 56 heavy (non-hydrogen) atoms. The molecule has 1 nitrogen and oxygen atoms in total. The third-order valence-electron chi connectivity index (χ3n) is 12.4. The van der Waals surface area contributed by atoms with Crippen molar-refractivity contribution in [1.29, 1.82) is 0 Å². The lowest BCUT2D eigenvalue weighted by Gasteiger charge is -2.38. The number of rotatable bonds is 2. The smallest absolute Gasteiger partial charge is 0.135 e. The molecule has 0 saturated heterocycles. The first-order chi connectivity index (χ1) is 27.8. The van der Waals surface area contributed by atoms with Crippen LogP contribution < -0.4 is 0 Å². The van der Waals surface area contributed by atoms with Gasteiger partial charge in [-0.15, -0.1) is 0 Å². The van der Waals surface area contributed by atoms with Crippen LogP contribution in [0, 0.1) is 0 Å². The van der Waals surface area contributed by atoms with Gasteiger partial charge < -0.3 is 4.42 Å². The van der Waals surface area contributed by atoms with Crippen LogP contribution in [0.25, 0.3) is 88.7 Å². The molecule has 9 aromatic carbocycles. The van der Waals surface area contributed by atoms with Gasteiger partial charge in [0.05, 0.1) is 5.41 Å². The van der Waals surface area contributed by atoms with Crippen LogP contribution in [0.15, 0.2) is 211 Å². The molecule has 2 aliphatic carbocycles. The van der Waals surface area contributed by atoms with Crippen molar-refractivity contribution >= 4 is 21.9 Å². The number of para-hydroxylation sites is 1. The molecule has 0 unspecified atom stereocenters. The van der Waals surface area contributed by atoms with E-state index in [4.69, 9.17) is 4.42 Å². The van der Waals surface area contributed by atoms with E-state index in [-0.39, 0.29) is 0 Å². The predicted octanol–water partition coefficient (Wildman–Crippen LogP) is 14.6. The number of hydrogen-bond donors (Lipinski definition) is 0. The monoisotopic (exact) mass is 710 g/mol. The highest BCUT2D eigenvalue weighted by atomic mass is 16.3. The maximum absolute atomic E-state index is 6.17. The molecular formula is C55H34O. The summed E-state index contributed by atoms with van der Waals surface area (Å²) in [5, 5.41) is 2.28. The van der Waals surface area contributed by atoms with Gasteiger partial charge in [-0.25, -0.2) is 0 Å². The summed E-state index contributed by atoms with van der Waals surface area (Å²) >= 11 is 0. The van der Waals surface area contributed by atoms with Gasteiger partial charge in [-0.05, 0) is 107 Å². The van der Waals surface area contributed by atoms with Gasteiger partial charge in [0.15, 0.2) is 0 Å². The molecule has 260 valence electrons. The number of fused-ring (bicyclic) bond motifs is 17. The number of furan rings is 1. The van der Waals surface area contributed by atoms with Gasteiger partial charge in [-0.3, -0.25) is 0 Å².